The topological polar surface area (TPSA) is 102 Å². The van der Waals surface area contributed by atoms with Crippen molar-refractivity contribution >= 4 is 21.8 Å². The van der Waals surface area contributed by atoms with Gasteiger partial charge in [0.25, 0.3) is 15.9 Å². The molecule has 1 N–H and O–H groups in total. The SMILES string of the molecule is COc1cc(CNC(=O)CCCN2C(=O)c3ccccc3S2(=O)=O)ccc1OC(C)C. The van der Waals surface area contributed by atoms with Gasteiger partial charge in [0.15, 0.2) is 11.5 Å². The van der Waals surface area contributed by atoms with Crippen molar-refractivity contribution in [3.05, 3.63) is 53.6 Å². The van der Waals surface area contributed by atoms with Crippen molar-refractivity contribution in [3.8, 4) is 11.5 Å². The van der Waals surface area contributed by atoms with Crippen LogP contribution in [0.2, 0.25) is 0 Å². The van der Waals surface area contributed by atoms with Gasteiger partial charge in [-0.25, -0.2) is 12.7 Å². The molecule has 0 unspecified atom stereocenters. The molecule has 0 saturated carbocycles. The predicted octanol–water partition coefficient (Wildman–Crippen LogP) is 2.72. The van der Waals surface area contributed by atoms with Gasteiger partial charge in [0.2, 0.25) is 5.91 Å². The maximum Gasteiger partial charge on any atom is 0.269 e. The number of benzene rings is 2. The van der Waals surface area contributed by atoms with Crippen LogP contribution < -0.4 is 14.8 Å². The molecule has 0 aliphatic carbocycles. The van der Waals surface area contributed by atoms with Crippen LogP contribution in [0.25, 0.3) is 0 Å². The molecule has 2 amide bonds. The Labute approximate surface area is 182 Å². The van der Waals surface area contributed by atoms with Gasteiger partial charge in [-0.1, -0.05) is 18.2 Å². The molecule has 0 atom stereocenters. The number of hydrogen-bond donors (Lipinski definition) is 1. The van der Waals surface area contributed by atoms with Gasteiger partial charge in [0, 0.05) is 19.5 Å². The summed E-state index contributed by atoms with van der Waals surface area (Å²) < 4.78 is 36.9. The fourth-order valence-electron chi connectivity index (χ4n) is 3.30. The summed E-state index contributed by atoms with van der Waals surface area (Å²) in [6, 6.07) is 11.5. The predicted molar refractivity (Wildman–Crippen MR) is 115 cm³/mol. The molecule has 2 aromatic carbocycles. The number of ether oxygens (including phenoxy) is 2. The lowest BCUT2D eigenvalue weighted by Gasteiger charge is -2.15. The van der Waals surface area contributed by atoms with E-state index in [1.54, 1.807) is 31.4 Å². The second-order valence-electron chi connectivity index (χ2n) is 7.41. The summed E-state index contributed by atoms with van der Waals surface area (Å²) in [7, 11) is -2.29. The van der Waals surface area contributed by atoms with Gasteiger partial charge < -0.3 is 14.8 Å². The summed E-state index contributed by atoms with van der Waals surface area (Å²) in [4.78, 5) is 24.6. The van der Waals surface area contributed by atoms with E-state index >= 15 is 0 Å². The molecule has 9 heteroatoms. The lowest BCUT2D eigenvalue weighted by atomic mass is 10.2. The van der Waals surface area contributed by atoms with Gasteiger partial charge in [-0.15, -0.1) is 0 Å². The van der Waals surface area contributed by atoms with Crippen LogP contribution in [0.3, 0.4) is 0 Å². The lowest BCUT2D eigenvalue weighted by Crippen LogP contribution is -2.32. The number of hydrogen-bond acceptors (Lipinski definition) is 6. The number of rotatable bonds is 9. The van der Waals surface area contributed by atoms with Crippen LogP contribution in [0.15, 0.2) is 47.4 Å². The zero-order valence-corrected chi connectivity index (χ0v) is 18.6. The fourth-order valence-corrected chi connectivity index (χ4v) is 4.91. The Kier molecular flexibility index (Phi) is 6.84. The maximum atomic E-state index is 12.5. The third kappa shape index (κ3) is 4.99. The molecule has 2 aromatic rings. The van der Waals surface area contributed by atoms with E-state index in [0.717, 1.165) is 9.87 Å². The number of amides is 2. The molecule has 0 fully saturated rings. The Bertz CT molecular complexity index is 1080. The Morgan fingerprint density at radius 1 is 1.13 bits per heavy atom. The number of carbonyl (C=O) groups excluding carboxylic acids is 2. The highest BCUT2D eigenvalue weighted by Crippen LogP contribution is 2.30. The Balaban J connectivity index is 1.51. The highest BCUT2D eigenvalue weighted by molar-refractivity contribution is 7.90. The first kappa shape index (κ1) is 22.6. The van der Waals surface area contributed by atoms with E-state index in [-0.39, 0.29) is 41.9 Å². The molecule has 1 aliphatic rings. The first-order valence-corrected chi connectivity index (χ1v) is 11.4. The average Bonchev–Trinajstić information content (AvgIpc) is 2.93. The lowest BCUT2D eigenvalue weighted by molar-refractivity contribution is -0.121. The molecule has 31 heavy (non-hydrogen) atoms. The van der Waals surface area contributed by atoms with Gasteiger partial charge in [-0.3, -0.25) is 9.59 Å². The molecular weight excluding hydrogens is 420 g/mol. The third-order valence-electron chi connectivity index (χ3n) is 4.76. The zero-order valence-electron chi connectivity index (χ0n) is 17.8. The van der Waals surface area contributed by atoms with Gasteiger partial charge in [0.1, 0.15) is 4.90 Å². The molecule has 0 spiro atoms. The van der Waals surface area contributed by atoms with E-state index in [1.165, 1.54) is 12.1 Å². The van der Waals surface area contributed by atoms with Crippen LogP contribution in [0.5, 0.6) is 11.5 Å². The highest BCUT2D eigenvalue weighted by atomic mass is 32.2. The molecular formula is C22H26N2O6S. The van der Waals surface area contributed by atoms with Crippen LogP contribution in [0.4, 0.5) is 0 Å². The van der Waals surface area contributed by atoms with E-state index in [2.05, 4.69) is 5.32 Å². The summed E-state index contributed by atoms with van der Waals surface area (Å²) in [6.45, 7) is 4.10. The van der Waals surface area contributed by atoms with Crippen molar-refractivity contribution in [2.45, 2.75) is 44.2 Å². The minimum absolute atomic E-state index is 0.0125. The van der Waals surface area contributed by atoms with Crippen LogP contribution in [-0.4, -0.2) is 44.3 Å². The number of nitrogens with one attached hydrogen (secondary N) is 1. The van der Waals surface area contributed by atoms with E-state index in [9.17, 15) is 18.0 Å². The maximum absolute atomic E-state index is 12.5. The molecule has 0 radical (unpaired) electrons. The normalized spacial score (nSPS) is 14.5. The molecule has 3 rings (SSSR count). The van der Waals surface area contributed by atoms with Crippen molar-refractivity contribution in [3.63, 3.8) is 0 Å². The summed E-state index contributed by atoms with van der Waals surface area (Å²) >= 11 is 0. The standard InChI is InChI=1S/C22H26N2O6S/c1-15(2)30-18-11-10-16(13-19(18)29-3)14-23-21(25)9-6-12-24-22(26)17-7-4-5-8-20(17)31(24,27)28/h4-5,7-8,10-11,13,15H,6,9,12,14H2,1-3H3,(H,23,25). The second-order valence-corrected chi connectivity index (χ2v) is 9.24. The van der Waals surface area contributed by atoms with Crippen molar-refractivity contribution in [2.75, 3.05) is 13.7 Å². The summed E-state index contributed by atoms with van der Waals surface area (Å²) in [5, 5.41) is 2.80. The number of sulfonamides is 1. The Morgan fingerprint density at radius 2 is 1.87 bits per heavy atom. The van der Waals surface area contributed by atoms with E-state index in [0.29, 0.717) is 18.0 Å². The Morgan fingerprint density at radius 3 is 2.55 bits per heavy atom. The molecule has 0 saturated heterocycles. The van der Waals surface area contributed by atoms with Gasteiger partial charge in [-0.2, -0.15) is 0 Å². The Hall–Kier alpha value is -3.07. The fraction of sp³-hybridized carbons (Fsp3) is 0.364. The van der Waals surface area contributed by atoms with Crippen molar-refractivity contribution in [1.29, 1.82) is 0 Å². The van der Waals surface area contributed by atoms with E-state index in [1.807, 2.05) is 19.9 Å². The van der Waals surface area contributed by atoms with Gasteiger partial charge >= 0.3 is 0 Å². The van der Waals surface area contributed by atoms with Gasteiger partial charge in [0.05, 0.1) is 18.8 Å². The monoisotopic (exact) mass is 446 g/mol. The molecule has 0 aromatic heterocycles. The molecule has 1 aliphatic heterocycles. The molecule has 1 heterocycles. The van der Waals surface area contributed by atoms with Crippen molar-refractivity contribution in [2.24, 2.45) is 0 Å². The van der Waals surface area contributed by atoms with Crippen molar-refractivity contribution in [1.82, 2.24) is 9.62 Å². The minimum Gasteiger partial charge on any atom is -0.493 e. The molecule has 0 bridgehead atoms. The second kappa shape index (κ2) is 9.38. The third-order valence-corrected chi connectivity index (χ3v) is 6.60. The average molecular weight is 447 g/mol. The van der Waals surface area contributed by atoms with Crippen molar-refractivity contribution < 1.29 is 27.5 Å². The quantitative estimate of drug-likeness (QED) is 0.636. The zero-order chi connectivity index (χ0) is 22.6. The smallest absolute Gasteiger partial charge is 0.269 e. The van der Waals surface area contributed by atoms with Crippen LogP contribution in [0, 0.1) is 0 Å². The van der Waals surface area contributed by atoms with Crippen LogP contribution in [0.1, 0.15) is 42.6 Å². The number of nitrogens with zero attached hydrogens (tertiary/aromatic N) is 1. The number of carbonyl (C=O) groups is 2. The summed E-state index contributed by atoms with van der Waals surface area (Å²) in [5.74, 6) is 0.428. The molecule has 8 nitrogen and oxygen atoms in total. The largest absolute Gasteiger partial charge is 0.493 e. The van der Waals surface area contributed by atoms with Crippen LogP contribution in [-0.2, 0) is 21.4 Å². The number of fused-ring (bicyclic) bond motifs is 1. The van der Waals surface area contributed by atoms with Gasteiger partial charge in [-0.05, 0) is 50.1 Å². The summed E-state index contributed by atoms with van der Waals surface area (Å²) in [5.41, 5.74) is 1.01. The van der Waals surface area contributed by atoms with Crippen LogP contribution >= 0.6 is 0 Å². The number of methoxy groups -OCH3 is 1. The van der Waals surface area contributed by atoms with E-state index in [4.69, 9.17) is 9.47 Å². The first-order valence-electron chi connectivity index (χ1n) is 10.0. The first-order chi connectivity index (χ1) is 14.7. The van der Waals surface area contributed by atoms with E-state index < -0.39 is 15.9 Å². The summed E-state index contributed by atoms with van der Waals surface area (Å²) in [6.07, 6.45) is 0.343. The molecule has 166 valence electrons. The highest BCUT2D eigenvalue weighted by Gasteiger charge is 2.40. The minimum atomic E-state index is -3.84.